The number of aliphatic hydroxyl groups excluding tert-OH is 1. The lowest BCUT2D eigenvalue weighted by molar-refractivity contribution is -0.0350. The van der Waals surface area contributed by atoms with E-state index in [1.54, 1.807) is 25.6 Å². The Morgan fingerprint density at radius 3 is 2.36 bits per heavy atom. The van der Waals surface area contributed by atoms with Crippen LogP contribution in [0.1, 0.15) is 13.8 Å². The Bertz CT molecular complexity index is 266. The van der Waals surface area contributed by atoms with Crippen LogP contribution in [0.3, 0.4) is 0 Å². The molecule has 0 aromatic heterocycles. The minimum Gasteiger partial charge on any atom is -0.389 e. The van der Waals surface area contributed by atoms with Gasteiger partial charge in [0, 0.05) is 10.6 Å². The van der Waals surface area contributed by atoms with Crippen LogP contribution >= 0.6 is 11.8 Å². The van der Waals surface area contributed by atoms with Crippen molar-refractivity contribution in [3.63, 3.8) is 0 Å². The zero-order chi connectivity index (χ0) is 10.6. The van der Waals surface area contributed by atoms with Crippen molar-refractivity contribution in [3.05, 3.63) is 30.3 Å². The third-order valence-electron chi connectivity index (χ3n) is 1.97. The summed E-state index contributed by atoms with van der Waals surface area (Å²) in [6, 6.07) is 9.84. The second-order valence-electron chi connectivity index (χ2n) is 3.79. The van der Waals surface area contributed by atoms with Crippen LogP contribution < -0.4 is 0 Å². The lowest BCUT2D eigenvalue weighted by Crippen LogP contribution is -2.37. The first-order valence-corrected chi connectivity index (χ1v) is 5.57. The van der Waals surface area contributed by atoms with Crippen LogP contribution in [0.5, 0.6) is 0 Å². The summed E-state index contributed by atoms with van der Waals surface area (Å²) in [4.78, 5) is 1.11. The molecule has 1 aromatic carbocycles. The maximum Gasteiger partial charge on any atom is 0.0915 e. The number of hydrogen-bond acceptors (Lipinski definition) is 3. The summed E-state index contributed by atoms with van der Waals surface area (Å²) in [7, 11) is 0. The van der Waals surface area contributed by atoms with Crippen molar-refractivity contribution < 1.29 is 10.2 Å². The van der Waals surface area contributed by atoms with E-state index in [9.17, 15) is 10.2 Å². The largest absolute Gasteiger partial charge is 0.389 e. The first kappa shape index (κ1) is 11.6. The van der Waals surface area contributed by atoms with Gasteiger partial charge in [-0.15, -0.1) is 11.8 Å². The van der Waals surface area contributed by atoms with Crippen LogP contribution in [-0.4, -0.2) is 27.7 Å². The highest BCUT2D eigenvalue weighted by atomic mass is 32.2. The molecule has 0 radical (unpaired) electrons. The Labute approximate surface area is 89.0 Å². The summed E-state index contributed by atoms with van der Waals surface area (Å²) in [6.45, 7) is 3.23. The minimum atomic E-state index is -1.03. The first-order chi connectivity index (χ1) is 6.50. The molecule has 0 saturated carbocycles. The third kappa shape index (κ3) is 3.70. The van der Waals surface area contributed by atoms with Crippen molar-refractivity contribution in [3.8, 4) is 0 Å². The molecule has 78 valence electrons. The molecule has 1 unspecified atom stereocenters. The summed E-state index contributed by atoms with van der Waals surface area (Å²) in [5, 5.41) is 19.1. The molecule has 0 aliphatic heterocycles. The van der Waals surface area contributed by atoms with Crippen LogP contribution in [0.15, 0.2) is 35.2 Å². The Balaban J connectivity index is 2.42. The van der Waals surface area contributed by atoms with E-state index in [2.05, 4.69) is 0 Å². The van der Waals surface area contributed by atoms with Crippen molar-refractivity contribution in [1.29, 1.82) is 0 Å². The van der Waals surface area contributed by atoms with Gasteiger partial charge < -0.3 is 10.2 Å². The molecule has 1 atom stereocenters. The van der Waals surface area contributed by atoms with Crippen LogP contribution in [0.25, 0.3) is 0 Å². The standard InChI is InChI=1S/C11H16O2S/c1-11(2,13)10(12)8-14-9-6-4-3-5-7-9/h3-7,10,12-13H,8H2,1-2H3. The number of thioether (sulfide) groups is 1. The maximum absolute atomic E-state index is 9.58. The second kappa shape index (κ2) is 4.82. The molecule has 0 fully saturated rings. The molecule has 0 heterocycles. The Kier molecular flexibility index (Phi) is 3.98. The summed E-state index contributed by atoms with van der Waals surface area (Å²) in [6.07, 6.45) is -0.701. The van der Waals surface area contributed by atoms with Gasteiger partial charge in [0.05, 0.1) is 11.7 Å². The van der Waals surface area contributed by atoms with Crippen LogP contribution in [0.2, 0.25) is 0 Å². The van der Waals surface area contributed by atoms with Crippen molar-refractivity contribution in [2.75, 3.05) is 5.75 Å². The van der Waals surface area contributed by atoms with Gasteiger partial charge >= 0.3 is 0 Å². The van der Waals surface area contributed by atoms with Crippen molar-refractivity contribution in [2.24, 2.45) is 0 Å². The van der Waals surface area contributed by atoms with Crippen LogP contribution in [0, 0.1) is 0 Å². The van der Waals surface area contributed by atoms with E-state index in [4.69, 9.17) is 0 Å². The predicted octanol–water partition coefficient (Wildman–Crippen LogP) is 1.91. The molecule has 2 N–H and O–H groups in total. The van der Waals surface area contributed by atoms with Gasteiger partial charge in [-0.1, -0.05) is 18.2 Å². The minimum absolute atomic E-state index is 0.507. The third-order valence-corrected chi connectivity index (χ3v) is 3.05. The molecular formula is C11H16O2S. The Morgan fingerprint density at radius 1 is 1.29 bits per heavy atom. The maximum atomic E-state index is 9.58. The Hall–Kier alpha value is -0.510. The van der Waals surface area contributed by atoms with Gasteiger partial charge in [-0.05, 0) is 26.0 Å². The summed E-state index contributed by atoms with van der Waals surface area (Å²) < 4.78 is 0. The van der Waals surface area contributed by atoms with E-state index < -0.39 is 11.7 Å². The van der Waals surface area contributed by atoms with Gasteiger partial charge in [0.2, 0.25) is 0 Å². The van der Waals surface area contributed by atoms with E-state index in [0.29, 0.717) is 5.75 Å². The highest BCUT2D eigenvalue weighted by Gasteiger charge is 2.24. The second-order valence-corrected chi connectivity index (χ2v) is 4.89. The number of aliphatic hydroxyl groups is 2. The van der Waals surface area contributed by atoms with Crippen LogP contribution in [-0.2, 0) is 0 Å². The average Bonchev–Trinajstić information content (AvgIpc) is 2.14. The van der Waals surface area contributed by atoms with Crippen molar-refractivity contribution in [2.45, 2.75) is 30.4 Å². The molecule has 0 amide bonds. The quantitative estimate of drug-likeness (QED) is 0.749. The lowest BCUT2D eigenvalue weighted by Gasteiger charge is -2.23. The summed E-state index contributed by atoms with van der Waals surface area (Å²) in [5.41, 5.74) is -1.03. The molecule has 0 aliphatic carbocycles. The topological polar surface area (TPSA) is 40.5 Å². The van der Waals surface area contributed by atoms with E-state index in [1.165, 1.54) is 0 Å². The van der Waals surface area contributed by atoms with Gasteiger partial charge in [-0.2, -0.15) is 0 Å². The zero-order valence-electron chi connectivity index (χ0n) is 8.47. The molecule has 0 bridgehead atoms. The van der Waals surface area contributed by atoms with E-state index >= 15 is 0 Å². The van der Waals surface area contributed by atoms with Gasteiger partial charge in [0.25, 0.3) is 0 Å². The summed E-state index contributed by atoms with van der Waals surface area (Å²) in [5.74, 6) is 0.507. The van der Waals surface area contributed by atoms with E-state index in [1.807, 2.05) is 30.3 Å². The SMILES string of the molecule is CC(C)(O)C(O)CSc1ccccc1. The average molecular weight is 212 g/mol. The van der Waals surface area contributed by atoms with E-state index in [0.717, 1.165) is 4.90 Å². The fourth-order valence-electron chi connectivity index (χ4n) is 0.896. The fourth-order valence-corrected chi connectivity index (χ4v) is 2.00. The predicted molar refractivity (Wildman–Crippen MR) is 59.5 cm³/mol. The molecule has 0 aliphatic rings. The highest BCUT2D eigenvalue weighted by molar-refractivity contribution is 7.99. The van der Waals surface area contributed by atoms with E-state index in [-0.39, 0.29) is 0 Å². The smallest absolute Gasteiger partial charge is 0.0915 e. The molecule has 2 nitrogen and oxygen atoms in total. The van der Waals surface area contributed by atoms with Gasteiger partial charge in [-0.25, -0.2) is 0 Å². The van der Waals surface area contributed by atoms with Gasteiger partial charge in [0.1, 0.15) is 0 Å². The van der Waals surface area contributed by atoms with Crippen LogP contribution in [0.4, 0.5) is 0 Å². The van der Waals surface area contributed by atoms with Crippen molar-refractivity contribution in [1.82, 2.24) is 0 Å². The summed E-state index contributed by atoms with van der Waals surface area (Å²) >= 11 is 1.55. The molecule has 1 rings (SSSR count). The molecule has 0 spiro atoms. The van der Waals surface area contributed by atoms with Gasteiger partial charge in [-0.3, -0.25) is 0 Å². The zero-order valence-corrected chi connectivity index (χ0v) is 9.29. The molecule has 3 heteroatoms. The highest BCUT2D eigenvalue weighted by Crippen LogP contribution is 2.21. The van der Waals surface area contributed by atoms with Crippen molar-refractivity contribution >= 4 is 11.8 Å². The normalized spacial score (nSPS) is 14.0. The first-order valence-electron chi connectivity index (χ1n) is 4.58. The van der Waals surface area contributed by atoms with Gasteiger partial charge in [0.15, 0.2) is 0 Å². The number of rotatable bonds is 4. The molecule has 14 heavy (non-hydrogen) atoms. The molecule has 1 aromatic rings. The Morgan fingerprint density at radius 2 is 1.86 bits per heavy atom. The monoisotopic (exact) mass is 212 g/mol. The number of hydrogen-bond donors (Lipinski definition) is 2. The fraction of sp³-hybridized carbons (Fsp3) is 0.455. The lowest BCUT2D eigenvalue weighted by atomic mass is 10.0. The molecule has 0 saturated heterocycles. The number of benzene rings is 1. The molecular weight excluding hydrogens is 196 g/mol.